The summed E-state index contributed by atoms with van der Waals surface area (Å²) >= 11 is 0. The molecule has 0 saturated carbocycles. The maximum atomic E-state index is 12.1. The van der Waals surface area contributed by atoms with E-state index in [4.69, 9.17) is 24.5 Å². The van der Waals surface area contributed by atoms with Gasteiger partial charge in [-0.15, -0.1) is 0 Å². The highest BCUT2D eigenvalue weighted by Crippen LogP contribution is 2.29. The number of carbonyl (C=O) groups excluding carboxylic acids is 1. The highest BCUT2D eigenvalue weighted by Gasteiger charge is 2.39. The van der Waals surface area contributed by atoms with Crippen LogP contribution in [0.1, 0.15) is 32.3 Å². The monoisotopic (exact) mass is 403 g/mol. The number of nitrogens with zero attached hydrogens (tertiary/aromatic N) is 3. The Balaban J connectivity index is 1.85. The lowest BCUT2D eigenvalue weighted by atomic mass is 10.0. The molecular weight excluding hydrogens is 374 g/mol. The van der Waals surface area contributed by atoms with Crippen molar-refractivity contribution in [2.24, 2.45) is 11.0 Å². The summed E-state index contributed by atoms with van der Waals surface area (Å²) in [6, 6.07) is 9.88. The van der Waals surface area contributed by atoms with Gasteiger partial charge in [-0.25, -0.2) is 0 Å². The SMILES string of the molecule is COC(=O)[C@H](C/C=C/[C@@H]1OC(C)(C)O[C@@H]1CN=[N+]=[N-])CCOCc1ccccc1. The molecule has 29 heavy (non-hydrogen) atoms. The lowest BCUT2D eigenvalue weighted by molar-refractivity contribution is -0.146. The van der Waals surface area contributed by atoms with E-state index in [0.29, 0.717) is 26.1 Å². The number of methoxy groups -OCH3 is 1. The maximum absolute atomic E-state index is 12.1. The van der Waals surface area contributed by atoms with Crippen LogP contribution in [0.2, 0.25) is 0 Å². The van der Waals surface area contributed by atoms with E-state index >= 15 is 0 Å². The summed E-state index contributed by atoms with van der Waals surface area (Å²) in [5.74, 6) is -1.33. The smallest absolute Gasteiger partial charge is 0.309 e. The number of azide groups is 1. The van der Waals surface area contributed by atoms with E-state index in [1.54, 1.807) is 0 Å². The van der Waals surface area contributed by atoms with Crippen molar-refractivity contribution in [2.45, 2.75) is 51.3 Å². The van der Waals surface area contributed by atoms with Crippen LogP contribution in [0.25, 0.3) is 10.4 Å². The minimum atomic E-state index is -0.752. The number of hydrogen-bond acceptors (Lipinski definition) is 6. The quantitative estimate of drug-likeness (QED) is 0.138. The molecule has 0 N–H and O–H groups in total. The number of ether oxygens (including phenoxy) is 4. The van der Waals surface area contributed by atoms with E-state index < -0.39 is 5.79 Å². The van der Waals surface area contributed by atoms with Crippen molar-refractivity contribution < 1.29 is 23.7 Å². The molecule has 158 valence electrons. The van der Waals surface area contributed by atoms with E-state index in [1.165, 1.54) is 7.11 Å². The van der Waals surface area contributed by atoms with E-state index in [9.17, 15) is 4.79 Å². The Morgan fingerprint density at radius 3 is 2.79 bits per heavy atom. The van der Waals surface area contributed by atoms with E-state index in [2.05, 4.69) is 10.0 Å². The topological polar surface area (TPSA) is 103 Å². The van der Waals surface area contributed by atoms with Crippen molar-refractivity contribution >= 4 is 5.97 Å². The van der Waals surface area contributed by atoms with Crippen molar-refractivity contribution in [1.29, 1.82) is 0 Å². The van der Waals surface area contributed by atoms with Crippen LogP contribution in [0.5, 0.6) is 0 Å². The zero-order chi connectivity index (χ0) is 21.1. The Morgan fingerprint density at radius 2 is 2.10 bits per heavy atom. The minimum Gasteiger partial charge on any atom is -0.469 e. The predicted octanol–water partition coefficient (Wildman–Crippen LogP) is 4.16. The highest BCUT2D eigenvalue weighted by molar-refractivity contribution is 5.72. The molecule has 0 amide bonds. The molecule has 8 nitrogen and oxygen atoms in total. The van der Waals surface area contributed by atoms with Gasteiger partial charge in [0, 0.05) is 11.5 Å². The molecule has 1 fully saturated rings. The first-order chi connectivity index (χ1) is 13.9. The summed E-state index contributed by atoms with van der Waals surface area (Å²) in [6.07, 6.45) is 4.09. The van der Waals surface area contributed by atoms with Crippen molar-refractivity contribution in [2.75, 3.05) is 20.3 Å². The first-order valence-electron chi connectivity index (χ1n) is 9.68. The molecule has 3 atom stereocenters. The number of esters is 1. The molecule has 1 heterocycles. The van der Waals surface area contributed by atoms with E-state index in [0.717, 1.165) is 5.56 Å². The number of rotatable bonds is 11. The summed E-state index contributed by atoms with van der Waals surface area (Å²) in [4.78, 5) is 14.9. The zero-order valence-corrected chi connectivity index (χ0v) is 17.2. The van der Waals surface area contributed by atoms with Crippen molar-refractivity contribution in [1.82, 2.24) is 0 Å². The van der Waals surface area contributed by atoms with E-state index in [-0.39, 0.29) is 30.6 Å². The molecule has 1 aliphatic rings. The summed E-state index contributed by atoms with van der Waals surface area (Å²) in [5.41, 5.74) is 9.63. The van der Waals surface area contributed by atoms with Gasteiger partial charge in [0.1, 0.15) is 6.10 Å². The molecule has 0 spiro atoms. The van der Waals surface area contributed by atoms with Gasteiger partial charge in [0.15, 0.2) is 5.79 Å². The number of benzene rings is 1. The summed E-state index contributed by atoms with van der Waals surface area (Å²) in [7, 11) is 1.39. The number of carbonyl (C=O) groups is 1. The second-order valence-electron chi connectivity index (χ2n) is 7.26. The van der Waals surface area contributed by atoms with Gasteiger partial charge in [-0.1, -0.05) is 47.6 Å². The summed E-state index contributed by atoms with van der Waals surface area (Å²) < 4.78 is 22.2. The van der Waals surface area contributed by atoms with Crippen LogP contribution >= 0.6 is 0 Å². The Hall–Kier alpha value is -2.38. The third-order valence-electron chi connectivity index (χ3n) is 4.55. The van der Waals surface area contributed by atoms with Crippen LogP contribution in [0.15, 0.2) is 47.6 Å². The lowest BCUT2D eigenvalue weighted by Crippen LogP contribution is -2.24. The van der Waals surface area contributed by atoms with Crippen LogP contribution in [-0.2, 0) is 30.3 Å². The Morgan fingerprint density at radius 1 is 1.34 bits per heavy atom. The van der Waals surface area contributed by atoms with Gasteiger partial charge in [0.2, 0.25) is 0 Å². The van der Waals surface area contributed by atoms with E-state index in [1.807, 2.05) is 56.3 Å². The molecule has 1 saturated heterocycles. The largest absolute Gasteiger partial charge is 0.469 e. The van der Waals surface area contributed by atoms with Crippen molar-refractivity contribution in [3.8, 4) is 0 Å². The van der Waals surface area contributed by atoms with Crippen LogP contribution in [-0.4, -0.2) is 44.2 Å². The van der Waals surface area contributed by atoms with Crippen LogP contribution in [0.4, 0.5) is 0 Å². The van der Waals surface area contributed by atoms with Crippen molar-refractivity contribution in [3.63, 3.8) is 0 Å². The maximum Gasteiger partial charge on any atom is 0.309 e. The minimum absolute atomic E-state index is 0.183. The molecular formula is C21H29N3O5. The van der Waals surface area contributed by atoms with Gasteiger partial charge in [-0.05, 0) is 37.8 Å². The van der Waals surface area contributed by atoms with Gasteiger partial charge < -0.3 is 18.9 Å². The average molecular weight is 403 g/mol. The van der Waals surface area contributed by atoms with Gasteiger partial charge in [0.05, 0.1) is 32.3 Å². The Bertz CT molecular complexity index is 716. The van der Waals surface area contributed by atoms with Gasteiger partial charge in [-0.3, -0.25) is 4.79 Å². The van der Waals surface area contributed by atoms with Gasteiger partial charge in [-0.2, -0.15) is 0 Å². The number of hydrogen-bond donors (Lipinski definition) is 0. The molecule has 0 bridgehead atoms. The second kappa shape index (κ2) is 11.6. The third kappa shape index (κ3) is 7.87. The van der Waals surface area contributed by atoms with Crippen LogP contribution in [0, 0.1) is 5.92 Å². The molecule has 8 heteroatoms. The molecule has 0 unspecified atom stereocenters. The van der Waals surface area contributed by atoms with Gasteiger partial charge in [0.25, 0.3) is 0 Å². The fourth-order valence-electron chi connectivity index (χ4n) is 3.15. The molecule has 1 aliphatic heterocycles. The normalized spacial score (nSPS) is 21.6. The van der Waals surface area contributed by atoms with Crippen molar-refractivity contribution in [3.05, 3.63) is 58.5 Å². The molecule has 0 radical (unpaired) electrons. The third-order valence-corrected chi connectivity index (χ3v) is 4.55. The fourth-order valence-corrected chi connectivity index (χ4v) is 3.15. The summed E-state index contributed by atoms with van der Waals surface area (Å²) in [5, 5.41) is 3.58. The predicted molar refractivity (Wildman–Crippen MR) is 108 cm³/mol. The highest BCUT2D eigenvalue weighted by atomic mass is 16.7. The Kier molecular flexibility index (Phi) is 9.15. The van der Waals surface area contributed by atoms with Crippen LogP contribution in [0.3, 0.4) is 0 Å². The average Bonchev–Trinajstić information content (AvgIpc) is 3.01. The molecule has 0 aromatic heterocycles. The molecule has 2 rings (SSSR count). The molecule has 0 aliphatic carbocycles. The lowest BCUT2D eigenvalue weighted by Gasteiger charge is -2.16. The second-order valence-corrected chi connectivity index (χ2v) is 7.26. The standard InChI is InChI=1S/C21H29N3O5/c1-21(2)28-18(19(29-21)14-23-24-22)11-7-10-17(20(25)26-3)12-13-27-15-16-8-5-4-6-9-16/h4-9,11,17-19H,10,12-15H2,1-3H3/b11-7+/t17-,18+,19-/m1/s1. The van der Waals surface area contributed by atoms with Gasteiger partial charge >= 0.3 is 5.97 Å². The first-order valence-corrected chi connectivity index (χ1v) is 9.68. The summed E-state index contributed by atoms with van der Waals surface area (Å²) in [6.45, 7) is 4.77. The number of allylic oxidation sites excluding steroid dienone is 1. The molecule has 1 aromatic carbocycles. The first kappa shape index (κ1) is 22.9. The Labute approximate surface area is 171 Å². The van der Waals surface area contributed by atoms with Crippen LogP contribution < -0.4 is 0 Å². The fraction of sp³-hybridized carbons (Fsp3) is 0.571. The zero-order valence-electron chi connectivity index (χ0n) is 17.2. The molecule has 1 aromatic rings.